The molecule has 13 heavy (non-hydrogen) atoms. The number of benzene rings is 1. The van der Waals surface area contributed by atoms with Crippen LogP contribution in [-0.2, 0) is 0 Å². The van der Waals surface area contributed by atoms with Crippen LogP contribution in [0.25, 0.3) is 0 Å². The van der Waals surface area contributed by atoms with Crippen molar-refractivity contribution >= 4 is 23.2 Å². The van der Waals surface area contributed by atoms with Crippen molar-refractivity contribution in [2.45, 2.75) is 25.8 Å². The molecule has 0 aromatic heterocycles. The third kappa shape index (κ3) is 2.87. The number of hydrogen-bond acceptors (Lipinski definition) is 1. The zero-order valence-electron chi connectivity index (χ0n) is 7.56. The van der Waals surface area contributed by atoms with Crippen molar-refractivity contribution in [2.24, 2.45) is 5.73 Å². The zero-order valence-corrected chi connectivity index (χ0v) is 9.07. The van der Waals surface area contributed by atoms with Crippen molar-refractivity contribution < 1.29 is 0 Å². The second-order valence-corrected chi connectivity index (χ2v) is 3.90. The summed E-state index contributed by atoms with van der Waals surface area (Å²) in [6, 6.07) is 5.39. The van der Waals surface area contributed by atoms with Gasteiger partial charge in [-0.25, -0.2) is 0 Å². The third-order valence-electron chi connectivity index (χ3n) is 1.96. The Balaban J connectivity index is 2.91. The van der Waals surface area contributed by atoms with Gasteiger partial charge in [0.1, 0.15) is 0 Å². The van der Waals surface area contributed by atoms with Crippen LogP contribution in [0.2, 0.25) is 10.0 Å². The van der Waals surface area contributed by atoms with Crippen LogP contribution in [0, 0.1) is 0 Å². The van der Waals surface area contributed by atoms with Crippen molar-refractivity contribution in [3.63, 3.8) is 0 Å². The van der Waals surface area contributed by atoms with E-state index in [1.165, 1.54) is 0 Å². The van der Waals surface area contributed by atoms with Crippen LogP contribution in [0.1, 0.15) is 31.4 Å². The molecule has 72 valence electrons. The first-order valence-corrected chi connectivity index (χ1v) is 5.11. The average Bonchev–Trinajstić information content (AvgIpc) is 2.09. The molecule has 1 rings (SSSR count). The maximum Gasteiger partial charge on any atom is 0.0454 e. The van der Waals surface area contributed by atoms with Gasteiger partial charge in [-0.2, -0.15) is 0 Å². The molecule has 0 amide bonds. The molecule has 0 aliphatic rings. The quantitative estimate of drug-likeness (QED) is 0.820. The topological polar surface area (TPSA) is 26.0 Å². The molecule has 1 aromatic rings. The van der Waals surface area contributed by atoms with Gasteiger partial charge in [0.15, 0.2) is 0 Å². The van der Waals surface area contributed by atoms with E-state index in [0.29, 0.717) is 10.0 Å². The van der Waals surface area contributed by atoms with Gasteiger partial charge in [0.2, 0.25) is 0 Å². The van der Waals surface area contributed by atoms with Crippen molar-refractivity contribution in [1.82, 2.24) is 0 Å². The SMILES string of the molecule is CCCC(N)c1cc(Cl)ccc1Cl. The lowest BCUT2D eigenvalue weighted by Gasteiger charge is -2.12. The lowest BCUT2D eigenvalue weighted by molar-refractivity contribution is 0.639. The highest BCUT2D eigenvalue weighted by molar-refractivity contribution is 6.33. The van der Waals surface area contributed by atoms with Crippen LogP contribution in [0.4, 0.5) is 0 Å². The van der Waals surface area contributed by atoms with E-state index in [9.17, 15) is 0 Å². The summed E-state index contributed by atoms with van der Waals surface area (Å²) < 4.78 is 0. The van der Waals surface area contributed by atoms with Gasteiger partial charge >= 0.3 is 0 Å². The van der Waals surface area contributed by atoms with E-state index in [1.807, 2.05) is 6.07 Å². The standard InChI is InChI=1S/C10H13Cl2N/c1-2-3-10(13)8-6-7(11)4-5-9(8)12/h4-6,10H,2-3,13H2,1H3. The van der Waals surface area contributed by atoms with Gasteiger partial charge in [0.25, 0.3) is 0 Å². The Morgan fingerprint density at radius 2 is 2.08 bits per heavy atom. The van der Waals surface area contributed by atoms with E-state index >= 15 is 0 Å². The average molecular weight is 218 g/mol. The summed E-state index contributed by atoms with van der Waals surface area (Å²) in [7, 11) is 0. The highest BCUT2D eigenvalue weighted by atomic mass is 35.5. The Morgan fingerprint density at radius 1 is 1.38 bits per heavy atom. The maximum absolute atomic E-state index is 5.99. The van der Waals surface area contributed by atoms with Crippen LogP contribution >= 0.6 is 23.2 Å². The summed E-state index contributed by atoms with van der Waals surface area (Å²) in [5, 5.41) is 1.39. The molecule has 0 spiro atoms. The van der Waals surface area contributed by atoms with Crippen molar-refractivity contribution in [2.75, 3.05) is 0 Å². The molecule has 0 aliphatic heterocycles. The van der Waals surface area contributed by atoms with Gasteiger partial charge in [-0.1, -0.05) is 36.5 Å². The number of rotatable bonds is 3. The first-order chi connectivity index (χ1) is 6.15. The zero-order chi connectivity index (χ0) is 9.84. The lowest BCUT2D eigenvalue weighted by atomic mass is 10.0. The highest BCUT2D eigenvalue weighted by Crippen LogP contribution is 2.27. The fourth-order valence-electron chi connectivity index (χ4n) is 1.27. The summed E-state index contributed by atoms with van der Waals surface area (Å²) in [4.78, 5) is 0. The monoisotopic (exact) mass is 217 g/mol. The predicted octanol–water partition coefficient (Wildman–Crippen LogP) is 3.79. The van der Waals surface area contributed by atoms with Gasteiger partial charge in [-0.15, -0.1) is 0 Å². The van der Waals surface area contributed by atoms with Crippen molar-refractivity contribution in [3.8, 4) is 0 Å². The largest absolute Gasteiger partial charge is 0.324 e. The Labute approximate surface area is 88.8 Å². The van der Waals surface area contributed by atoms with Crippen molar-refractivity contribution in [3.05, 3.63) is 33.8 Å². The molecular formula is C10H13Cl2N. The van der Waals surface area contributed by atoms with E-state index in [0.717, 1.165) is 18.4 Å². The molecule has 0 aliphatic carbocycles. The predicted molar refractivity (Wildman–Crippen MR) is 58.3 cm³/mol. The van der Waals surface area contributed by atoms with Crippen LogP contribution in [0.5, 0.6) is 0 Å². The van der Waals surface area contributed by atoms with E-state index in [-0.39, 0.29) is 6.04 Å². The minimum Gasteiger partial charge on any atom is -0.324 e. The van der Waals surface area contributed by atoms with Crippen LogP contribution < -0.4 is 5.73 Å². The second kappa shape index (κ2) is 4.85. The minimum absolute atomic E-state index is 0.00352. The second-order valence-electron chi connectivity index (χ2n) is 3.06. The van der Waals surface area contributed by atoms with Gasteiger partial charge in [-0.3, -0.25) is 0 Å². The molecule has 1 nitrogen and oxygen atoms in total. The third-order valence-corrected chi connectivity index (χ3v) is 2.54. The summed E-state index contributed by atoms with van der Waals surface area (Å²) >= 11 is 11.8. The van der Waals surface area contributed by atoms with Crippen LogP contribution in [0.3, 0.4) is 0 Å². The normalized spacial score (nSPS) is 12.9. The Morgan fingerprint density at radius 3 is 2.69 bits per heavy atom. The van der Waals surface area contributed by atoms with Gasteiger partial charge < -0.3 is 5.73 Å². The first kappa shape index (κ1) is 10.8. The minimum atomic E-state index is -0.00352. The fourth-order valence-corrected chi connectivity index (χ4v) is 1.70. The van der Waals surface area contributed by atoms with E-state index in [1.54, 1.807) is 12.1 Å². The lowest BCUT2D eigenvalue weighted by Crippen LogP contribution is -2.10. The van der Waals surface area contributed by atoms with Gasteiger partial charge in [0, 0.05) is 16.1 Å². The van der Waals surface area contributed by atoms with E-state index < -0.39 is 0 Å². The molecule has 0 bridgehead atoms. The molecule has 0 heterocycles. The number of halogens is 2. The Hall–Kier alpha value is -0.240. The number of hydrogen-bond donors (Lipinski definition) is 1. The molecular weight excluding hydrogens is 205 g/mol. The van der Waals surface area contributed by atoms with Gasteiger partial charge in [0.05, 0.1) is 0 Å². The Bertz CT molecular complexity index is 286. The summed E-state index contributed by atoms with van der Waals surface area (Å²) in [6.07, 6.45) is 1.98. The van der Waals surface area contributed by atoms with E-state index in [4.69, 9.17) is 28.9 Å². The fraction of sp³-hybridized carbons (Fsp3) is 0.400. The molecule has 0 saturated heterocycles. The van der Waals surface area contributed by atoms with Gasteiger partial charge in [-0.05, 0) is 30.2 Å². The van der Waals surface area contributed by atoms with Crippen LogP contribution in [-0.4, -0.2) is 0 Å². The van der Waals surface area contributed by atoms with Crippen molar-refractivity contribution in [1.29, 1.82) is 0 Å². The maximum atomic E-state index is 5.99. The molecule has 0 radical (unpaired) electrons. The molecule has 1 atom stereocenters. The molecule has 3 heteroatoms. The molecule has 0 saturated carbocycles. The highest BCUT2D eigenvalue weighted by Gasteiger charge is 2.09. The summed E-state index contributed by atoms with van der Waals surface area (Å²) in [5.74, 6) is 0. The number of nitrogens with two attached hydrogens (primary N) is 1. The molecule has 2 N–H and O–H groups in total. The Kier molecular flexibility index (Phi) is 4.04. The smallest absolute Gasteiger partial charge is 0.0454 e. The van der Waals surface area contributed by atoms with Crippen LogP contribution in [0.15, 0.2) is 18.2 Å². The summed E-state index contributed by atoms with van der Waals surface area (Å²) in [5.41, 5.74) is 6.87. The molecule has 1 aromatic carbocycles. The molecule has 1 unspecified atom stereocenters. The summed E-state index contributed by atoms with van der Waals surface area (Å²) in [6.45, 7) is 2.10. The molecule has 0 fully saturated rings. The van der Waals surface area contributed by atoms with E-state index in [2.05, 4.69) is 6.92 Å². The first-order valence-electron chi connectivity index (χ1n) is 4.35.